The van der Waals surface area contributed by atoms with E-state index in [4.69, 9.17) is 0 Å². The average molecular weight is 453 g/mol. The van der Waals surface area contributed by atoms with Crippen LogP contribution in [0.4, 0.5) is 0 Å². The number of piperidine rings is 1. The molecule has 0 spiro atoms. The van der Waals surface area contributed by atoms with Crippen molar-refractivity contribution in [3.63, 3.8) is 0 Å². The molecule has 1 aliphatic heterocycles. The molecule has 1 aromatic rings. The Bertz CT molecular complexity index is 858. The van der Waals surface area contributed by atoms with Gasteiger partial charge in [-0.25, -0.2) is 13.1 Å². The van der Waals surface area contributed by atoms with Gasteiger partial charge in [0.05, 0.1) is 4.90 Å². The van der Waals surface area contributed by atoms with Gasteiger partial charge in [0.1, 0.15) is 0 Å². The van der Waals surface area contributed by atoms with E-state index in [0.717, 1.165) is 6.54 Å². The number of hydrogen-bond acceptors (Lipinski definition) is 5. The van der Waals surface area contributed by atoms with Gasteiger partial charge in [-0.15, -0.1) is 0 Å². The molecular weight excluding hydrogens is 416 g/mol. The zero-order valence-corrected chi connectivity index (χ0v) is 20.1. The molecule has 0 saturated carbocycles. The van der Waals surface area contributed by atoms with Crippen molar-refractivity contribution in [2.24, 2.45) is 11.3 Å². The van der Waals surface area contributed by atoms with Crippen molar-refractivity contribution in [2.45, 2.75) is 38.5 Å². The standard InChI is InChI=1S/C22H36N4O4S/c1-6-24-31(29,30)19-9-7-18(8-10-19)21(28)26-13-11-17(12-14-26)20(27)23-15-22(2,3)16-25(4)5/h7-10,17,24H,6,11-16H2,1-5H3,(H,23,27). The molecule has 0 bridgehead atoms. The highest BCUT2D eigenvalue weighted by Crippen LogP contribution is 2.21. The summed E-state index contributed by atoms with van der Waals surface area (Å²) in [6.07, 6.45) is 1.25. The highest BCUT2D eigenvalue weighted by Gasteiger charge is 2.29. The molecule has 0 aliphatic carbocycles. The van der Waals surface area contributed by atoms with Crippen molar-refractivity contribution in [1.29, 1.82) is 0 Å². The molecule has 1 aromatic carbocycles. The van der Waals surface area contributed by atoms with E-state index in [1.165, 1.54) is 24.3 Å². The fraction of sp³-hybridized carbons (Fsp3) is 0.636. The zero-order chi connectivity index (χ0) is 23.2. The quantitative estimate of drug-likeness (QED) is 0.592. The van der Waals surface area contributed by atoms with Crippen LogP contribution in [0.1, 0.15) is 44.0 Å². The predicted molar refractivity (Wildman–Crippen MR) is 121 cm³/mol. The van der Waals surface area contributed by atoms with E-state index in [2.05, 4.69) is 28.8 Å². The van der Waals surface area contributed by atoms with Crippen LogP contribution >= 0.6 is 0 Å². The van der Waals surface area contributed by atoms with Crippen molar-refractivity contribution in [3.8, 4) is 0 Å². The number of benzene rings is 1. The van der Waals surface area contributed by atoms with E-state index >= 15 is 0 Å². The summed E-state index contributed by atoms with van der Waals surface area (Å²) in [6.45, 7) is 8.79. The van der Waals surface area contributed by atoms with Crippen LogP contribution in [-0.4, -0.2) is 76.9 Å². The van der Waals surface area contributed by atoms with Gasteiger partial charge in [-0.2, -0.15) is 0 Å². The third-order valence-electron chi connectivity index (χ3n) is 5.38. The van der Waals surface area contributed by atoms with E-state index in [9.17, 15) is 18.0 Å². The minimum Gasteiger partial charge on any atom is -0.355 e. The highest BCUT2D eigenvalue weighted by molar-refractivity contribution is 7.89. The van der Waals surface area contributed by atoms with E-state index in [1.807, 2.05) is 14.1 Å². The molecule has 1 fully saturated rings. The minimum absolute atomic E-state index is 0.0118. The number of hydrogen-bond donors (Lipinski definition) is 2. The number of nitrogens with one attached hydrogen (secondary N) is 2. The molecule has 174 valence electrons. The van der Waals surface area contributed by atoms with Crippen LogP contribution in [0.5, 0.6) is 0 Å². The number of sulfonamides is 1. The van der Waals surface area contributed by atoms with Gasteiger partial charge in [0.2, 0.25) is 15.9 Å². The summed E-state index contributed by atoms with van der Waals surface area (Å²) in [7, 11) is 0.498. The van der Waals surface area contributed by atoms with Crippen LogP contribution in [0.3, 0.4) is 0 Å². The third kappa shape index (κ3) is 7.29. The first-order chi connectivity index (χ1) is 14.4. The molecule has 1 heterocycles. The highest BCUT2D eigenvalue weighted by atomic mass is 32.2. The largest absolute Gasteiger partial charge is 0.355 e. The number of likely N-dealkylation sites (tertiary alicyclic amines) is 1. The Morgan fingerprint density at radius 2 is 1.71 bits per heavy atom. The maximum Gasteiger partial charge on any atom is 0.253 e. The average Bonchev–Trinajstić information content (AvgIpc) is 2.71. The summed E-state index contributed by atoms with van der Waals surface area (Å²) >= 11 is 0. The minimum atomic E-state index is -3.54. The maximum atomic E-state index is 12.8. The summed E-state index contributed by atoms with van der Waals surface area (Å²) in [5.41, 5.74) is 0.436. The molecular formula is C22H36N4O4S. The number of carbonyl (C=O) groups excluding carboxylic acids is 2. The summed E-state index contributed by atoms with van der Waals surface area (Å²) in [4.78, 5) is 29.3. The Labute approximate surface area is 186 Å². The predicted octanol–water partition coefficient (Wildman–Crippen LogP) is 1.54. The van der Waals surface area contributed by atoms with Crippen LogP contribution in [0.2, 0.25) is 0 Å². The van der Waals surface area contributed by atoms with Crippen molar-refractivity contribution in [2.75, 3.05) is 46.8 Å². The lowest BCUT2D eigenvalue weighted by Crippen LogP contribution is -2.46. The number of rotatable bonds is 9. The Morgan fingerprint density at radius 3 is 2.23 bits per heavy atom. The van der Waals surface area contributed by atoms with E-state index in [1.54, 1.807) is 11.8 Å². The van der Waals surface area contributed by atoms with Crippen molar-refractivity contribution < 1.29 is 18.0 Å². The Kier molecular flexibility index (Phi) is 8.62. The Hall–Kier alpha value is -1.97. The molecule has 1 aliphatic rings. The molecule has 0 radical (unpaired) electrons. The van der Waals surface area contributed by atoms with Gasteiger partial charge in [-0.3, -0.25) is 9.59 Å². The topological polar surface area (TPSA) is 98.8 Å². The molecule has 0 unspecified atom stereocenters. The Balaban J connectivity index is 1.88. The van der Waals surface area contributed by atoms with Crippen molar-refractivity contribution in [3.05, 3.63) is 29.8 Å². The first kappa shape index (κ1) is 25.3. The van der Waals surface area contributed by atoms with Gasteiger partial charge in [-0.05, 0) is 56.6 Å². The lowest BCUT2D eigenvalue weighted by molar-refractivity contribution is -0.126. The summed E-state index contributed by atoms with van der Waals surface area (Å²) in [5.74, 6) is -0.179. The second-order valence-electron chi connectivity index (χ2n) is 9.21. The van der Waals surface area contributed by atoms with Gasteiger partial charge >= 0.3 is 0 Å². The molecule has 2 rings (SSSR count). The molecule has 9 heteroatoms. The number of amides is 2. The monoisotopic (exact) mass is 452 g/mol. The molecule has 1 saturated heterocycles. The number of carbonyl (C=O) groups is 2. The van der Waals surface area contributed by atoms with E-state index in [0.29, 0.717) is 44.6 Å². The van der Waals surface area contributed by atoms with Crippen LogP contribution in [-0.2, 0) is 14.8 Å². The van der Waals surface area contributed by atoms with Crippen LogP contribution in [0.25, 0.3) is 0 Å². The summed E-state index contributed by atoms with van der Waals surface area (Å²) < 4.78 is 26.5. The third-order valence-corrected chi connectivity index (χ3v) is 6.95. The summed E-state index contributed by atoms with van der Waals surface area (Å²) in [6, 6.07) is 5.97. The Morgan fingerprint density at radius 1 is 1.13 bits per heavy atom. The van der Waals surface area contributed by atoms with Crippen molar-refractivity contribution >= 4 is 21.8 Å². The molecule has 8 nitrogen and oxygen atoms in total. The maximum absolute atomic E-state index is 12.8. The molecule has 2 N–H and O–H groups in total. The first-order valence-corrected chi connectivity index (χ1v) is 12.2. The smallest absolute Gasteiger partial charge is 0.253 e. The van der Waals surface area contributed by atoms with Gasteiger partial charge in [0, 0.05) is 44.2 Å². The normalized spacial score (nSPS) is 15.9. The molecule has 0 atom stereocenters. The summed E-state index contributed by atoms with van der Waals surface area (Å²) in [5, 5.41) is 3.07. The fourth-order valence-corrected chi connectivity index (χ4v) is 5.00. The van der Waals surface area contributed by atoms with Crippen LogP contribution in [0.15, 0.2) is 29.2 Å². The number of nitrogens with zero attached hydrogens (tertiary/aromatic N) is 2. The van der Waals surface area contributed by atoms with Crippen molar-refractivity contribution in [1.82, 2.24) is 19.8 Å². The van der Waals surface area contributed by atoms with E-state index < -0.39 is 10.0 Å². The van der Waals surface area contributed by atoms with Crippen LogP contribution < -0.4 is 10.0 Å². The molecule has 0 aromatic heterocycles. The molecule has 2 amide bonds. The van der Waals surface area contributed by atoms with Gasteiger partial charge in [0.25, 0.3) is 5.91 Å². The molecule has 31 heavy (non-hydrogen) atoms. The lowest BCUT2D eigenvalue weighted by atomic mass is 9.91. The first-order valence-electron chi connectivity index (χ1n) is 10.8. The lowest BCUT2D eigenvalue weighted by Gasteiger charge is -2.33. The second-order valence-corrected chi connectivity index (χ2v) is 11.0. The second kappa shape index (κ2) is 10.6. The zero-order valence-electron chi connectivity index (χ0n) is 19.3. The fourth-order valence-electron chi connectivity index (χ4n) is 3.96. The van der Waals surface area contributed by atoms with Gasteiger partial charge in [-0.1, -0.05) is 20.8 Å². The van der Waals surface area contributed by atoms with Gasteiger partial charge < -0.3 is 15.1 Å². The SMILES string of the molecule is CCNS(=O)(=O)c1ccc(C(=O)N2CCC(C(=O)NCC(C)(C)CN(C)C)CC2)cc1. The van der Waals surface area contributed by atoms with Gasteiger partial charge in [0.15, 0.2) is 0 Å². The van der Waals surface area contributed by atoms with Crippen LogP contribution in [0, 0.1) is 11.3 Å². The van der Waals surface area contributed by atoms with E-state index in [-0.39, 0.29) is 28.0 Å².